The zero-order chi connectivity index (χ0) is 15.2. The Bertz CT molecular complexity index is 445. The van der Waals surface area contributed by atoms with E-state index in [0.717, 1.165) is 43.7 Å². The van der Waals surface area contributed by atoms with Crippen LogP contribution in [-0.4, -0.2) is 60.3 Å². The first-order chi connectivity index (χ1) is 10.1. The Morgan fingerprint density at radius 2 is 2.10 bits per heavy atom. The number of likely N-dealkylation sites (N-methyl/N-ethyl adjacent to an activating group) is 1. The number of amides is 1. The van der Waals surface area contributed by atoms with E-state index >= 15 is 0 Å². The summed E-state index contributed by atoms with van der Waals surface area (Å²) in [6.07, 6.45) is 3.07. The number of rotatable bonds is 6. The second-order valence-electron chi connectivity index (χ2n) is 5.91. The summed E-state index contributed by atoms with van der Waals surface area (Å²) in [5.41, 5.74) is 3.32. The molecule has 6 heteroatoms. The van der Waals surface area contributed by atoms with E-state index in [1.807, 2.05) is 20.9 Å². The Balaban J connectivity index is 1.69. The van der Waals surface area contributed by atoms with E-state index in [1.54, 1.807) is 0 Å². The number of nitrogens with one attached hydrogen (secondary N) is 3. The molecule has 1 amide bonds. The van der Waals surface area contributed by atoms with Gasteiger partial charge in [-0.25, -0.2) is 0 Å². The molecule has 1 fully saturated rings. The number of nitrogens with zero attached hydrogens (tertiary/aromatic N) is 2. The highest BCUT2D eigenvalue weighted by Gasteiger charge is 2.19. The molecule has 1 aliphatic heterocycles. The van der Waals surface area contributed by atoms with Gasteiger partial charge >= 0.3 is 0 Å². The molecule has 21 heavy (non-hydrogen) atoms. The summed E-state index contributed by atoms with van der Waals surface area (Å²) in [6.45, 7) is 7.26. The van der Waals surface area contributed by atoms with Crippen LogP contribution in [0.4, 0.5) is 0 Å². The van der Waals surface area contributed by atoms with Crippen LogP contribution < -0.4 is 10.6 Å². The van der Waals surface area contributed by atoms with E-state index in [9.17, 15) is 4.79 Å². The van der Waals surface area contributed by atoms with Crippen molar-refractivity contribution in [1.82, 2.24) is 25.7 Å². The van der Waals surface area contributed by atoms with Gasteiger partial charge in [-0.05, 0) is 58.8 Å². The summed E-state index contributed by atoms with van der Waals surface area (Å²) in [7, 11) is 2.04. The lowest BCUT2D eigenvalue weighted by Crippen LogP contribution is -2.45. The number of H-pyrrole nitrogens is 1. The van der Waals surface area contributed by atoms with Gasteiger partial charge in [-0.1, -0.05) is 0 Å². The van der Waals surface area contributed by atoms with Crippen LogP contribution in [0.1, 0.15) is 29.8 Å². The highest BCUT2D eigenvalue weighted by molar-refractivity contribution is 5.78. The maximum Gasteiger partial charge on any atom is 0.234 e. The lowest BCUT2D eigenvalue weighted by molar-refractivity contribution is -0.122. The van der Waals surface area contributed by atoms with Crippen LogP contribution in [0.15, 0.2) is 0 Å². The highest BCUT2D eigenvalue weighted by Crippen LogP contribution is 2.10. The van der Waals surface area contributed by atoms with Gasteiger partial charge in [0.15, 0.2) is 0 Å². The average molecular weight is 293 g/mol. The first-order valence-electron chi connectivity index (χ1n) is 7.76. The van der Waals surface area contributed by atoms with Crippen molar-refractivity contribution in [1.29, 1.82) is 0 Å². The molecule has 2 heterocycles. The fraction of sp³-hybridized carbons (Fsp3) is 0.733. The summed E-state index contributed by atoms with van der Waals surface area (Å²) in [5, 5.41) is 13.5. The van der Waals surface area contributed by atoms with E-state index in [-0.39, 0.29) is 5.91 Å². The Labute approximate surface area is 126 Å². The van der Waals surface area contributed by atoms with Gasteiger partial charge in [0.25, 0.3) is 0 Å². The third kappa shape index (κ3) is 4.54. The van der Waals surface area contributed by atoms with Gasteiger partial charge < -0.3 is 10.6 Å². The standard InChI is InChI=1S/C15H27N5O/c1-11-14(12(2)19-18-11)6-9-17-15(21)10-20(3)13-4-7-16-8-5-13/h13,16H,4-10H2,1-3H3,(H,17,21)(H,18,19). The van der Waals surface area contributed by atoms with Crippen molar-refractivity contribution in [3.8, 4) is 0 Å². The van der Waals surface area contributed by atoms with Crippen LogP contribution in [0, 0.1) is 13.8 Å². The van der Waals surface area contributed by atoms with Gasteiger partial charge in [0.2, 0.25) is 5.91 Å². The quantitative estimate of drug-likeness (QED) is 0.708. The third-order valence-corrected chi connectivity index (χ3v) is 4.30. The first-order valence-corrected chi connectivity index (χ1v) is 7.76. The fourth-order valence-corrected chi connectivity index (χ4v) is 2.93. The molecular weight excluding hydrogens is 266 g/mol. The minimum absolute atomic E-state index is 0.106. The maximum atomic E-state index is 12.0. The van der Waals surface area contributed by atoms with Gasteiger partial charge in [0.05, 0.1) is 12.2 Å². The third-order valence-electron chi connectivity index (χ3n) is 4.30. The van der Waals surface area contributed by atoms with Gasteiger partial charge in [-0.2, -0.15) is 5.10 Å². The van der Waals surface area contributed by atoms with Crippen LogP contribution in [0.2, 0.25) is 0 Å². The zero-order valence-corrected chi connectivity index (χ0v) is 13.3. The van der Waals surface area contributed by atoms with Crippen molar-refractivity contribution in [2.45, 2.75) is 39.2 Å². The maximum absolute atomic E-state index is 12.0. The van der Waals surface area contributed by atoms with Crippen molar-refractivity contribution < 1.29 is 4.79 Å². The van der Waals surface area contributed by atoms with E-state index in [0.29, 0.717) is 19.1 Å². The molecule has 0 spiro atoms. The van der Waals surface area contributed by atoms with Gasteiger partial charge in [0, 0.05) is 18.3 Å². The summed E-state index contributed by atoms with van der Waals surface area (Å²) in [6, 6.07) is 0.523. The normalized spacial score (nSPS) is 16.4. The van der Waals surface area contributed by atoms with Crippen molar-refractivity contribution in [2.75, 3.05) is 33.2 Å². The summed E-state index contributed by atoms with van der Waals surface area (Å²) in [5.74, 6) is 0.106. The molecule has 1 aromatic rings. The first kappa shape index (κ1) is 16.0. The molecule has 1 aliphatic rings. The predicted molar refractivity (Wildman–Crippen MR) is 83.3 cm³/mol. The van der Waals surface area contributed by atoms with Gasteiger partial charge in [-0.3, -0.25) is 14.8 Å². The SMILES string of the molecule is Cc1n[nH]c(C)c1CCNC(=O)CN(C)C1CCNCC1. The van der Waals surface area contributed by atoms with E-state index < -0.39 is 0 Å². The fourth-order valence-electron chi connectivity index (χ4n) is 2.93. The number of hydrogen-bond donors (Lipinski definition) is 3. The molecule has 6 nitrogen and oxygen atoms in total. The Kier molecular flexibility index (Phi) is 5.76. The highest BCUT2D eigenvalue weighted by atomic mass is 16.2. The number of piperidine rings is 1. The molecule has 0 unspecified atom stereocenters. The van der Waals surface area contributed by atoms with E-state index in [1.165, 1.54) is 5.56 Å². The Morgan fingerprint density at radius 1 is 1.38 bits per heavy atom. The van der Waals surface area contributed by atoms with Crippen LogP contribution in [0.5, 0.6) is 0 Å². The topological polar surface area (TPSA) is 73.0 Å². The van der Waals surface area contributed by atoms with Crippen molar-refractivity contribution in [3.63, 3.8) is 0 Å². The van der Waals surface area contributed by atoms with Crippen LogP contribution in [-0.2, 0) is 11.2 Å². The lowest BCUT2D eigenvalue weighted by atomic mass is 10.1. The number of aromatic nitrogens is 2. The summed E-state index contributed by atoms with van der Waals surface area (Å²) in [4.78, 5) is 14.2. The molecule has 0 aromatic carbocycles. The van der Waals surface area contributed by atoms with E-state index in [4.69, 9.17) is 0 Å². The molecule has 0 aliphatic carbocycles. The molecular formula is C15H27N5O. The van der Waals surface area contributed by atoms with Crippen molar-refractivity contribution in [2.24, 2.45) is 0 Å². The number of hydrogen-bond acceptors (Lipinski definition) is 4. The minimum atomic E-state index is 0.106. The van der Waals surface area contributed by atoms with Crippen molar-refractivity contribution >= 4 is 5.91 Å². The van der Waals surface area contributed by atoms with Gasteiger partial charge in [-0.15, -0.1) is 0 Å². The summed E-state index contributed by atoms with van der Waals surface area (Å²) < 4.78 is 0. The molecule has 3 N–H and O–H groups in total. The Morgan fingerprint density at radius 3 is 2.71 bits per heavy atom. The van der Waals surface area contributed by atoms with E-state index in [2.05, 4.69) is 25.7 Å². The molecule has 0 atom stereocenters. The van der Waals surface area contributed by atoms with Gasteiger partial charge in [0.1, 0.15) is 0 Å². The summed E-state index contributed by atoms with van der Waals surface area (Å²) >= 11 is 0. The smallest absolute Gasteiger partial charge is 0.234 e. The van der Waals surface area contributed by atoms with Crippen LogP contribution in [0.25, 0.3) is 0 Å². The monoisotopic (exact) mass is 293 g/mol. The van der Waals surface area contributed by atoms with Crippen LogP contribution in [0.3, 0.4) is 0 Å². The average Bonchev–Trinajstić information content (AvgIpc) is 2.80. The number of aromatic amines is 1. The molecule has 0 bridgehead atoms. The Hall–Kier alpha value is -1.40. The largest absolute Gasteiger partial charge is 0.355 e. The number of carbonyl (C=O) groups is 1. The molecule has 1 saturated heterocycles. The zero-order valence-electron chi connectivity index (χ0n) is 13.3. The predicted octanol–water partition coefficient (Wildman–Crippen LogP) is 0.369. The number of carbonyl (C=O) groups excluding carboxylic acids is 1. The number of aryl methyl sites for hydroxylation is 2. The molecule has 0 radical (unpaired) electrons. The molecule has 118 valence electrons. The minimum Gasteiger partial charge on any atom is -0.355 e. The van der Waals surface area contributed by atoms with Crippen LogP contribution >= 0.6 is 0 Å². The van der Waals surface area contributed by atoms with Crippen molar-refractivity contribution in [3.05, 3.63) is 17.0 Å². The molecule has 0 saturated carbocycles. The lowest BCUT2D eigenvalue weighted by Gasteiger charge is -2.31. The second kappa shape index (κ2) is 7.56. The molecule has 1 aromatic heterocycles. The second-order valence-corrected chi connectivity index (χ2v) is 5.91. The molecule has 2 rings (SSSR count).